The second-order valence-corrected chi connectivity index (χ2v) is 10.2. The fraction of sp³-hybridized carbons (Fsp3) is 0.355. The molecule has 0 saturated carbocycles. The third kappa shape index (κ3) is 4.80. The quantitative estimate of drug-likeness (QED) is 0.245. The normalized spacial score (nSPS) is 15.0. The lowest BCUT2D eigenvalue weighted by Gasteiger charge is -2.34. The van der Waals surface area contributed by atoms with Crippen molar-refractivity contribution in [2.75, 3.05) is 25.1 Å². The summed E-state index contributed by atoms with van der Waals surface area (Å²) >= 11 is 0. The lowest BCUT2D eigenvalue weighted by atomic mass is 9.72. The maximum absolute atomic E-state index is 10.8. The lowest BCUT2D eigenvalue weighted by molar-refractivity contribution is -0.137. The number of methoxy groups -OCH3 is 1. The zero-order valence-electron chi connectivity index (χ0n) is 22.0. The van der Waals surface area contributed by atoms with Crippen LogP contribution in [0.1, 0.15) is 63.3 Å². The molecule has 1 aliphatic carbocycles. The molecule has 1 aliphatic heterocycles. The van der Waals surface area contributed by atoms with Crippen LogP contribution < -0.4 is 14.4 Å². The van der Waals surface area contributed by atoms with E-state index < -0.39 is 5.97 Å². The minimum absolute atomic E-state index is 0.234. The molecule has 1 N–H and O–H groups in total. The van der Waals surface area contributed by atoms with Gasteiger partial charge < -0.3 is 19.5 Å². The summed E-state index contributed by atoms with van der Waals surface area (Å²) in [5.41, 5.74) is 4.91. The Hall–Kier alpha value is -3.80. The zero-order chi connectivity index (χ0) is 26.2. The van der Waals surface area contributed by atoms with Gasteiger partial charge in [-0.25, -0.2) is 4.42 Å². The number of benzene rings is 2. The molecule has 1 aromatic heterocycles. The molecule has 0 amide bonds. The highest BCUT2D eigenvalue weighted by Gasteiger charge is 2.42. The number of hydrogen-bond donors (Lipinski definition) is 1. The van der Waals surface area contributed by atoms with Gasteiger partial charge in [0.05, 0.1) is 30.2 Å². The first kappa shape index (κ1) is 24.9. The summed E-state index contributed by atoms with van der Waals surface area (Å²) in [7, 11) is 1.66. The van der Waals surface area contributed by atoms with Gasteiger partial charge in [0.25, 0.3) is 0 Å². The Labute approximate surface area is 217 Å². The highest BCUT2D eigenvalue weighted by Crippen LogP contribution is 2.48. The van der Waals surface area contributed by atoms with Crippen molar-refractivity contribution in [2.24, 2.45) is 0 Å². The van der Waals surface area contributed by atoms with E-state index in [1.807, 2.05) is 24.3 Å². The van der Waals surface area contributed by atoms with Crippen LogP contribution in [0.3, 0.4) is 0 Å². The van der Waals surface area contributed by atoms with E-state index in [0.29, 0.717) is 6.42 Å². The molecule has 2 heterocycles. The second-order valence-electron chi connectivity index (χ2n) is 10.2. The molecule has 2 aliphatic rings. The minimum Gasteiger partial charge on any atom is -0.496 e. The molecule has 2 aromatic carbocycles. The highest BCUT2D eigenvalue weighted by atomic mass is 16.5. The predicted octanol–water partition coefficient (Wildman–Crippen LogP) is 7.30. The molecular formula is C31H34NO5+. The Balaban J connectivity index is 1.43. The first-order valence-corrected chi connectivity index (χ1v) is 13.0. The number of carboxylic acids is 1. The van der Waals surface area contributed by atoms with Crippen LogP contribution in [0.25, 0.3) is 23.1 Å². The average molecular weight is 501 g/mol. The molecular weight excluding hydrogens is 466 g/mol. The molecule has 3 aromatic rings. The van der Waals surface area contributed by atoms with Crippen molar-refractivity contribution >= 4 is 34.8 Å². The Morgan fingerprint density at radius 3 is 2.68 bits per heavy atom. The SMILES string of the molecule is CCN(CCCCCC(=O)O)c1ccc2c(c1)OC1=Cc3[o+]c4cc(OC)ccc4cc3C(C)(C)C1=C2. The van der Waals surface area contributed by atoms with Gasteiger partial charge in [0, 0.05) is 47.8 Å². The van der Waals surface area contributed by atoms with Crippen LogP contribution in [0.4, 0.5) is 5.69 Å². The van der Waals surface area contributed by atoms with Gasteiger partial charge in [0.15, 0.2) is 0 Å². The molecule has 0 fully saturated rings. The van der Waals surface area contributed by atoms with Gasteiger partial charge in [0.1, 0.15) is 17.3 Å². The largest absolute Gasteiger partial charge is 0.496 e. The number of carboxylic acid groups (broad SMARTS) is 1. The van der Waals surface area contributed by atoms with Crippen LogP contribution in [-0.2, 0) is 10.2 Å². The van der Waals surface area contributed by atoms with E-state index >= 15 is 0 Å². The number of fused-ring (bicyclic) bond motifs is 4. The molecule has 0 saturated heterocycles. The van der Waals surface area contributed by atoms with Gasteiger partial charge >= 0.3 is 17.3 Å². The van der Waals surface area contributed by atoms with E-state index in [9.17, 15) is 4.79 Å². The highest BCUT2D eigenvalue weighted by molar-refractivity contribution is 5.84. The van der Waals surface area contributed by atoms with E-state index in [1.165, 1.54) is 0 Å². The Morgan fingerprint density at radius 2 is 1.92 bits per heavy atom. The molecule has 37 heavy (non-hydrogen) atoms. The average Bonchev–Trinajstić information content (AvgIpc) is 2.88. The summed E-state index contributed by atoms with van der Waals surface area (Å²) in [6.07, 6.45) is 7.05. The number of anilines is 1. The third-order valence-corrected chi connectivity index (χ3v) is 7.46. The number of aliphatic carboxylic acids is 1. The van der Waals surface area contributed by atoms with Gasteiger partial charge in [-0.05, 0) is 56.2 Å². The van der Waals surface area contributed by atoms with Crippen molar-refractivity contribution in [1.29, 1.82) is 0 Å². The molecule has 0 spiro atoms. The number of rotatable bonds is 9. The molecule has 5 rings (SSSR count). The smallest absolute Gasteiger partial charge is 0.364 e. The maximum Gasteiger partial charge on any atom is 0.364 e. The Morgan fingerprint density at radius 1 is 1.08 bits per heavy atom. The summed E-state index contributed by atoms with van der Waals surface area (Å²) < 4.78 is 18.2. The van der Waals surface area contributed by atoms with Gasteiger partial charge in [0.2, 0.25) is 0 Å². The molecule has 0 bridgehead atoms. The van der Waals surface area contributed by atoms with E-state index in [-0.39, 0.29) is 11.8 Å². The Kier molecular flexibility index (Phi) is 6.67. The van der Waals surface area contributed by atoms with Gasteiger partial charge in [-0.3, -0.25) is 4.79 Å². The van der Waals surface area contributed by atoms with Gasteiger partial charge in [-0.1, -0.05) is 20.3 Å². The van der Waals surface area contributed by atoms with E-state index in [0.717, 1.165) is 82.3 Å². The van der Waals surface area contributed by atoms with Gasteiger partial charge in [-0.2, -0.15) is 0 Å². The van der Waals surface area contributed by atoms with Crippen molar-refractivity contribution in [2.45, 2.75) is 51.9 Å². The number of carbonyl (C=O) groups is 1. The van der Waals surface area contributed by atoms with Crippen LogP contribution in [0, 0.1) is 0 Å². The number of nitrogens with zero attached hydrogens (tertiary/aromatic N) is 1. The second kappa shape index (κ2) is 9.92. The first-order valence-electron chi connectivity index (χ1n) is 13.0. The predicted molar refractivity (Wildman–Crippen MR) is 147 cm³/mol. The number of unbranched alkanes of at least 4 members (excludes halogenated alkanes) is 2. The van der Waals surface area contributed by atoms with Crippen LogP contribution in [0.15, 0.2) is 58.2 Å². The van der Waals surface area contributed by atoms with E-state index in [2.05, 4.69) is 56.0 Å². The van der Waals surface area contributed by atoms with Crippen molar-refractivity contribution in [3.05, 3.63) is 70.7 Å². The fourth-order valence-corrected chi connectivity index (χ4v) is 5.26. The summed E-state index contributed by atoms with van der Waals surface area (Å²) in [6, 6.07) is 14.5. The summed E-state index contributed by atoms with van der Waals surface area (Å²) in [5, 5.41) is 9.89. The summed E-state index contributed by atoms with van der Waals surface area (Å²) in [4.78, 5) is 13.1. The van der Waals surface area contributed by atoms with Crippen LogP contribution in [0.2, 0.25) is 0 Å². The number of allylic oxidation sites excluding steroid dienone is 1. The first-order chi connectivity index (χ1) is 17.8. The van der Waals surface area contributed by atoms with Crippen molar-refractivity contribution < 1.29 is 23.8 Å². The van der Waals surface area contributed by atoms with Crippen molar-refractivity contribution in [3.63, 3.8) is 0 Å². The topological polar surface area (TPSA) is 70.3 Å². The molecule has 0 atom stereocenters. The molecule has 0 radical (unpaired) electrons. The van der Waals surface area contributed by atoms with Gasteiger partial charge in [-0.15, -0.1) is 0 Å². The van der Waals surface area contributed by atoms with Crippen molar-refractivity contribution in [1.82, 2.24) is 0 Å². The molecule has 0 unspecified atom stereocenters. The van der Waals surface area contributed by atoms with Crippen LogP contribution in [0.5, 0.6) is 11.5 Å². The number of ether oxygens (including phenoxy) is 2. The lowest BCUT2D eigenvalue weighted by Crippen LogP contribution is -2.29. The zero-order valence-corrected chi connectivity index (χ0v) is 22.0. The monoisotopic (exact) mass is 500 g/mol. The van der Waals surface area contributed by atoms with Crippen LogP contribution >= 0.6 is 0 Å². The van der Waals surface area contributed by atoms with Crippen molar-refractivity contribution in [3.8, 4) is 11.5 Å². The van der Waals surface area contributed by atoms with E-state index in [4.69, 9.17) is 19.0 Å². The third-order valence-electron chi connectivity index (χ3n) is 7.46. The summed E-state index contributed by atoms with van der Waals surface area (Å²) in [5.74, 6) is 2.48. The molecule has 6 nitrogen and oxygen atoms in total. The number of hydrogen-bond acceptors (Lipinski definition) is 4. The maximum atomic E-state index is 10.8. The fourth-order valence-electron chi connectivity index (χ4n) is 5.26. The minimum atomic E-state index is -0.727. The molecule has 6 heteroatoms. The van der Waals surface area contributed by atoms with E-state index in [1.54, 1.807) is 7.11 Å². The summed E-state index contributed by atoms with van der Waals surface area (Å²) in [6.45, 7) is 8.31. The van der Waals surface area contributed by atoms with Crippen LogP contribution in [-0.4, -0.2) is 31.3 Å². The standard InChI is InChI=1S/C31H33NO5/c1-5-32(14-8-6-7-9-30(33)34)22-12-10-20-15-24-28(36-26(20)17-22)19-29-25(31(24,2)3)16-21-11-13-23(35-4)18-27(21)37-29/h10-13,15-19H,5-9,14H2,1-4H3/p+1. The molecule has 192 valence electrons. The Bertz CT molecular complexity index is 1420.